The van der Waals surface area contributed by atoms with Crippen molar-refractivity contribution in [2.24, 2.45) is 4.99 Å². The van der Waals surface area contributed by atoms with Gasteiger partial charge in [-0.2, -0.15) is 0 Å². The molecular formula is C19H26N6O. The summed E-state index contributed by atoms with van der Waals surface area (Å²) in [6, 6.07) is 11.4. The first kappa shape index (κ1) is 19.4. The number of hydrogen-bond acceptors (Lipinski definition) is 4. The maximum absolute atomic E-state index is 12.0. The van der Waals surface area contributed by atoms with E-state index in [0.717, 1.165) is 30.9 Å². The Balaban J connectivity index is 1.75. The second kappa shape index (κ2) is 10.8. The SMILES string of the molecule is CCNC(=NCCC(=O)Nc1cccc(C)n1)NCCc1ccccn1. The van der Waals surface area contributed by atoms with Gasteiger partial charge in [-0.25, -0.2) is 4.98 Å². The van der Waals surface area contributed by atoms with Crippen LogP contribution in [-0.4, -0.2) is 41.5 Å². The molecule has 7 nitrogen and oxygen atoms in total. The molecular weight excluding hydrogens is 328 g/mol. The highest BCUT2D eigenvalue weighted by Gasteiger charge is 2.04. The van der Waals surface area contributed by atoms with Gasteiger partial charge in [-0.05, 0) is 38.1 Å². The van der Waals surface area contributed by atoms with Crippen molar-refractivity contribution >= 4 is 17.7 Å². The van der Waals surface area contributed by atoms with Gasteiger partial charge in [0, 0.05) is 43.5 Å². The summed E-state index contributed by atoms with van der Waals surface area (Å²) in [6.45, 7) is 5.78. The van der Waals surface area contributed by atoms with E-state index in [0.29, 0.717) is 24.7 Å². The minimum atomic E-state index is -0.101. The molecule has 2 rings (SSSR count). The van der Waals surface area contributed by atoms with Crippen LogP contribution in [0.2, 0.25) is 0 Å². The van der Waals surface area contributed by atoms with Crippen LogP contribution >= 0.6 is 0 Å². The molecule has 0 aliphatic heterocycles. The molecule has 138 valence electrons. The quantitative estimate of drug-likeness (QED) is 0.498. The van der Waals surface area contributed by atoms with Gasteiger partial charge in [-0.1, -0.05) is 12.1 Å². The fraction of sp³-hybridized carbons (Fsp3) is 0.368. The third-order valence-electron chi connectivity index (χ3n) is 3.51. The number of nitrogens with one attached hydrogen (secondary N) is 3. The average molecular weight is 354 g/mol. The number of rotatable bonds is 8. The van der Waals surface area contributed by atoms with Gasteiger partial charge < -0.3 is 16.0 Å². The molecule has 0 aromatic carbocycles. The lowest BCUT2D eigenvalue weighted by molar-refractivity contribution is -0.116. The zero-order valence-corrected chi connectivity index (χ0v) is 15.3. The highest BCUT2D eigenvalue weighted by Crippen LogP contribution is 2.04. The Bertz CT molecular complexity index is 717. The average Bonchev–Trinajstić information content (AvgIpc) is 2.62. The largest absolute Gasteiger partial charge is 0.357 e. The van der Waals surface area contributed by atoms with E-state index in [1.165, 1.54) is 0 Å². The first-order valence-electron chi connectivity index (χ1n) is 8.83. The minimum Gasteiger partial charge on any atom is -0.357 e. The van der Waals surface area contributed by atoms with Crippen LogP contribution in [0.3, 0.4) is 0 Å². The minimum absolute atomic E-state index is 0.101. The number of carbonyl (C=O) groups is 1. The second-order valence-corrected chi connectivity index (χ2v) is 5.72. The normalized spacial score (nSPS) is 11.1. The van der Waals surface area contributed by atoms with Crippen molar-refractivity contribution in [2.45, 2.75) is 26.7 Å². The second-order valence-electron chi connectivity index (χ2n) is 5.72. The maximum Gasteiger partial charge on any atom is 0.227 e. The molecule has 0 spiro atoms. The molecule has 0 fully saturated rings. The first-order valence-corrected chi connectivity index (χ1v) is 8.83. The Morgan fingerprint density at radius 3 is 2.77 bits per heavy atom. The molecule has 0 aliphatic carbocycles. The van der Waals surface area contributed by atoms with Gasteiger partial charge in [0.25, 0.3) is 0 Å². The number of carbonyl (C=O) groups excluding carboxylic acids is 1. The van der Waals surface area contributed by atoms with Crippen LogP contribution < -0.4 is 16.0 Å². The van der Waals surface area contributed by atoms with Crippen LogP contribution in [-0.2, 0) is 11.2 Å². The van der Waals surface area contributed by atoms with Crippen molar-refractivity contribution in [2.75, 3.05) is 25.0 Å². The summed E-state index contributed by atoms with van der Waals surface area (Å²) in [5, 5.41) is 9.21. The lowest BCUT2D eigenvalue weighted by atomic mass is 10.3. The van der Waals surface area contributed by atoms with Gasteiger partial charge in [-0.3, -0.25) is 14.8 Å². The summed E-state index contributed by atoms with van der Waals surface area (Å²) in [4.78, 5) is 25.0. The third kappa shape index (κ3) is 7.29. The van der Waals surface area contributed by atoms with Crippen molar-refractivity contribution in [3.8, 4) is 0 Å². The van der Waals surface area contributed by atoms with Gasteiger partial charge in [-0.15, -0.1) is 0 Å². The Kier molecular flexibility index (Phi) is 8.05. The number of guanidine groups is 1. The summed E-state index contributed by atoms with van der Waals surface area (Å²) in [5.74, 6) is 1.17. The smallest absolute Gasteiger partial charge is 0.227 e. The fourth-order valence-electron chi connectivity index (χ4n) is 2.28. The molecule has 2 aromatic rings. The van der Waals surface area contributed by atoms with Crippen LogP contribution in [0.15, 0.2) is 47.6 Å². The van der Waals surface area contributed by atoms with Gasteiger partial charge in [0.2, 0.25) is 5.91 Å². The van der Waals surface area contributed by atoms with Crippen molar-refractivity contribution in [3.05, 3.63) is 54.0 Å². The highest BCUT2D eigenvalue weighted by atomic mass is 16.1. The molecule has 0 unspecified atom stereocenters. The topological polar surface area (TPSA) is 91.3 Å². The highest BCUT2D eigenvalue weighted by molar-refractivity contribution is 5.90. The number of amides is 1. The molecule has 26 heavy (non-hydrogen) atoms. The molecule has 2 aromatic heterocycles. The van der Waals surface area contributed by atoms with E-state index in [1.807, 2.05) is 44.2 Å². The monoisotopic (exact) mass is 354 g/mol. The van der Waals surface area contributed by atoms with E-state index in [4.69, 9.17) is 0 Å². The third-order valence-corrected chi connectivity index (χ3v) is 3.51. The molecule has 1 amide bonds. The molecule has 7 heteroatoms. The number of anilines is 1. The van der Waals surface area contributed by atoms with Crippen molar-refractivity contribution < 1.29 is 4.79 Å². The number of aryl methyl sites for hydroxylation is 1. The van der Waals surface area contributed by atoms with E-state index >= 15 is 0 Å². The van der Waals surface area contributed by atoms with E-state index in [2.05, 4.69) is 30.9 Å². The summed E-state index contributed by atoms with van der Waals surface area (Å²) >= 11 is 0. The first-order chi connectivity index (χ1) is 12.7. The van der Waals surface area contributed by atoms with Crippen molar-refractivity contribution in [1.29, 1.82) is 0 Å². The Morgan fingerprint density at radius 1 is 1.15 bits per heavy atom. The van der Waals surface area contributed by atoms with E-state index in [9.17, 15) is 4.79 Å². The van der Waals surface area contributed by atoms with Crippen LogP contribution in [0.1, 0.15) is 24.7 Å². The van der Waals surface area contributed by atoms with Gasteiger partial charge in [0.1, 0.15) is 5.82 Å². The van der Waals surface area contributed by atoms with Gasteiger partial charge in [0.05, 0.1) is 6.54 Å². The summed E-state index contributed by atoms with van der Waals surface area (Å²) in [7, 11) is 0. The Morgan fingerprint density at radius 2 is 2.04 bits per heavy atom. The van der Waals surface area contributed by atoms with Crippen molar-refractivity contribution in [3.63, 3.8) is 0 Å². The van der Waals surface area contributed by atoms with Crippen LogP contribution in [0.5, 0.6) is 0 Å². The number of aliphatic imine (C=N–C) groups is 1. The fourth-order valence-corrected chi connectivity index (χ4v) is 2.28. The number of nitrogens with zero attached hydrogens (tertiary/aromatic N) is 3. The zero-order chi connectivity index (χ0) is 18.6. The van der Waals surface area contributed by atoms with Crippen LogP contribution in [0.4, 0.5) is 5.82 Å². The standard InChI is InChI=1S/C19H26N6O/c1-3-20-19(22-13-10-16-8-4-5-12-21-16)23-14-11-18(26)25-17-9-6-7-15(2)24-17/h4-9,12H,3,10-11,13-14H2,1-2H3,(H2,20,22,23)(H,24,25,26). The summed E-state index contributed by atoms with van der Waals surface area (Å²) in [5.41, 5.74) is 1.90. The number of aromatic nitrogens is 2. The molecule has 2 heterocycles. The van der Waals surface area contributed by atoms with Gasteiger partial charge >= 0.3 is 0 Å². The molecule has 0 radical (unpaired) electrons. The molecule has 0 aliphatic rings. The van der Waals surface area contributed by atoms with Crippen LogP contribution in [0, 0.1) is 6.92 Å². The molecule has 3 N–H and O–H groups in total. The molecule has 0 bridgehead atoms. The number of hydrogen-bond donors (Lipinski definition) is 3. The van der Waals surface area contributed by atoms with Crippen LogP contribution in [0.25, 0.3) is 0 Å². The molecule has 0 saturated carbocycles. The summed E-state index contributed by atoms with van der Waals surface area (Å²) in [6.07, 6.45) is 2.90. The zero-order valence-electron chi connectivity index (χ0n) is 15.3. The predicted molar refractivity (Wildman–Crippen MR) is 104 cm³/mol. The maximum atomic E-state index is 12.0. The van der Waals surface area contributed by atoms with E-state index < -0.39 is 0 Å². The lowest BCUT2D eigenvalue weighted by Gasteiger charge is -2.11. The Labute approximate surface area is 154 Å². The van der Waals surface area contributed by atoms with Gasteiger partial charge in [0.15, 0.2) is 5.96 Å². The van der Waals surface area contributed by atoms with E-state index in [1.54, 1.807) is 12.3 Å². The molecule has 0 atom stereocenters. The lowest BCUT2D eigenvalue weighted by Crippen LogP contribution is -2.38. The van der Waals surface area contributed by atoms with E-state index in [-0.39, 0.29) is 5.91 Å². The predicted octanol–water partition coefficient (Wildman–Crippen LogP) is 1.91. The molecule has 0 saturated heterocycles. The number of pyridine rings is 2. The summed E-state index contributed by atoms with van der Waals surface area (Å²) < 4.78 is 0. The Hall–Kier alpha value is -2.96. The van der Waals surface area contributed by atoms with Crippen molar-refractivity contribution in [1.82, 2.24) is 20.6 Å².